The first-order valence-corrected chi connectivity index (χ1v) is 7.58. The molecule has 3 saturated heterocycles. The Morgan fingerprint density at radius 1 is 1.09 bits per heavy atom. The van der Waals surface area contributed by atoms with Crippen molar-refractivity contribution in [1.82, 2.24) is 10.3 Å². The van der Waals surface area contributed by atoms with Gasteiger partial charge in [-0.05, 0) is 18.6 Å². The van der Waals surface area contributed by atoms with Crippen LogP contribution in [0.5, 0.6) is 17.2 Å². The Morgan fingerprint density at radius 3 is 2.64 bits per heavy atom. The first-order chi connectivity index (χ1) is 10.8. The highest BCUT2D eigenvalue weighted by atomic mass is 16.5. The van der Waals surface area contributed by atoms with Gasteiger partial charge in [0.15, 0.2) is 0 Å². The van der Waals surface area contributed by atoms with Crippen LogP contribution in [0.3, 0.4) is 0 Å². The lowest BCUT2D eigenvalue weighted by Gasteiger charge is -2.49. The molecule has 22 heavy (non-hydrogen) atoms. The van der Waals surface area contributed by atoms with Crippen molar-refractivity contribution in [2.24, 2.45) is 0 Å². The Kier molecular flexibility index (Phi) is 3.35. The average molecular weight is 297 g/mol. The van der Waals surface area contributed by atoms with E-state index in [0.717, 1.165) is 36.0 Å². The first kappa shape index (κ1) is 13.4. The Balaban J connectivity index is 1.51. The van der Waals surface area contributed by atoms with Crippen molar-refractivity contribution in [1.29, 1.82) is 0 Å². The number of piperazine rings is 1. The van der Waals surface area contributed by atoms with Crippen LogP contribution in [0.15, 0.2) is 42.7 Å². The van der Waals surface area contributed by atoms with Gasteiger partial charge in [0.05, 0.1) is 25.2 Å². The zero-order chi connectivity index (χ0) is 14.9. The lowest BCUT2D eigenvalue weighted by Crippen LogP contribution is -2.67. The summed E-state index contributed by atoms with van der Waals surface area (Å²) < 4.78 is 11.1. The predicted octanol–water partition coefficient (Wildman–Crippen LogP) is 2.43. The molecule has 1 N–H and O–H groups in total. The normalized spacial score (nSPS) is 22.9. The molecule has 3 aliphatic heterocycles. The van der Waals surface area contributed by atoms with Gasteiger partial charge >= 0.3 is 0 Å². The van der Waals surface area contributed by atoms with Crippen LogP contribution in [0.4, 0.5) is 5.69 Å². The van der Waals surface area contributed by atoms with E-state index < -0.39 is 0 Å². The number of aromatic nitrogens is 1. The van der Waals surface area contributed by atoms with E-state index >= 15 is 0 Å². The first-order valence-electron chi connectivity index (χ1n) is 7.58. The van der Waals surface area contributed by atoms with Crippen LogP contribution in [-0.2, 0) is 0 Å². The van der Waals surface area contributed by atoms with Gasteiger partial charge in [0.25, 0.3) is 0 Å². The number of pyridine rings is 1. The lowest BCUT2D eigenvalue weighted by atomic mass is 9.91. The molecule has 5 rings (SSSR count). The van der Waals surface area contributed by atoms with Crippen LogP contribution in [0.25, 0.3) is 0 Å². The van der Waals surface area contributed by atoms with Crippen molar-refractivity contribution >= 4 is 5.69 Å². The molecule has 114 valence electrons. The van der Waals surface area contributed by atoms with E-state index in [1.807, 2.05) is 30.5 Å². The minimum Gasteiger partial charge on any atom is -0.497 e. The number of fused-ring (bicyclic) bond motifs is 2. The van der Waals surface area contributed by atoms with Crippen molar-refractivity contribution in [2.75, 3.05) is 25.1 Å². The van der Waals surface area contributed by atoms with Crippen molar-refractivity contribution < 1.29 is 9.47 Å². The second kappa shape index (κ2) is 5.50. The summed E-state index contributed by atoms with van der Waals surface area (Å²) in [7, 11) is 1.65. The Hall–Kier alpha value is -2.27. The van der Waals surface area contributed by atoms with Crippen LogP contribution in [0.2, 0.25) is 0 Å². The number of anilines is 1. The van der Waals surface area contributed by atoms with Gasteiger partial charge in [0.2, 0.25) is 0 Å². The number of nitrogens with zero attached hydrogens (tertiary/aromatic N) is 2. The smallest absolute Gasteiger partial charge is 0.147 e. The summed E-state index contributed by atoms with van der Waals surface area (Å²) in [6.45, 7) is 2.08. The lowest BCUT2D eigenvalue weighted by molar-refractivity contribution is 0.226. The number of methoxy groups -OCH3 is 1. The van der Waals surface area contributed by atoms with E-state index in [0.29, 0.717) is 12.1 Å². The predicted molar refractivity (Wildman–Crippen MR) is 84.8 cm³/mol. The number of ether oxygens (including phenoxy) is 2. The van der Waals surface area contributed by atoms with Crippen LogP contribution < -0.4 is 19.7 Å². The standard InChI is InChI=1S/C17H19N3O2/c1-21-15-3-2-4-16(7-15)22-17-6-14(8-18-9-17)20-10-12-5-13(11-20)19-12/h2-4,6-9,12-13,19H,5,10-11H2,1H3. The monoisotopic (exact) mass is 297 g/mol. The van der Waals surface area contributed by atoms with Crippen LogP contribution in [0, 0.1) is 0 Å². The molecule has 0 amide bonds. The van der Waals surface area contributed by atoms with Crippen molar-refractivity contribution in [3.05, 3.63) is 42.7 Å². The van der Waals surface area contributed by atoms with Crippen molar-refractivity contribution in [3.63, 3.8) is 0 Å². The zero-order valence-corrected chi connectivity index (χ0v) is 12.5. The SMILES string of the molecule is COc1cccc(Oc2cncc(N3CC4CC(C3)N4)c2)c1. The molecule has 0 aliphatic carbocycles. The Bertz CT molecular complexity index is 660. The second-order valence-corrected chi connectivity index (χ2v) is 5.86. The molecule has 4 heterocycles. The maximum atomic E-state index is 5.91. The summed E-state index contributed by atoms with van der Waals surface area (Å²) in [6, 6.07) is 10.9. The number of nitrogens with one attached hydrogen (secondary N) is 1. The van der Waals surface area contributed by atoms with E-state index in [-0.39, 0.29) is 0 Å². The van der Waals surface area contributed by atoms with E-state index in [1.54, 1.807) is 13.3 Å². The van der Waals surface area contributed by atoms with Crippen LogP contribution >= 0.6 is 0 Å². The minimum absolute atomic E-state index is 0.627. The minimum atomic E-state index is 0.627. The Morgan fingerprint density at radius 2 is 1.86 bits per heavy atom. The van der Waals surface area contributed by atoms with Crippen LogP contribution in [0.1, 0.15) is 6.42 Å². The molecule has 0 spiro atoms. The van der Waals surface area contributed by atoms with Gasteiger partial charge < -0.3 is 19.7 Å². The topological polar surface area (TPSA) is 46.6 Å². The molecule has 2 unspecified atom stereocenters. The molecule has 3 aliphatic rings. The fourth-order valence-corrected chi connectivity index (χ4v) is 3.16. The molecule has 0 saturated carbocycles. The van der Waals surface area contributed by atoms with E-state index in [1.165, 1.54) is 6.42 Å². The summed E-state index contributed by atoms with van der Waals surface area (Å²) in [5.41, 5.74) is 1.12. The fraction of sp³-hybridized carbons (Fsp3) is 0.353. The molecule has 2 aromatic rings. The maximum Gasteiger partial charge on any atom is 0.147 e. The fourth-order valence-electron chi connectivity index (χ4n) is 3.16. The van der Waals surface area contributed by atoms with Crippen LogP contribution in [-0.4, -0.2) is 37.3 Å². The number of hydrogen-bond acceptors (Lipinski definition) is 5. The van der Waals surface area contributed by atoms with Crippen molar-refractivity contribution in [2.45, 2.75) is 18.5 Å². The average Bonchev–Trinajstić information content (AvgIpc) is 2.55. The number of benzene rings is 1. The summed E-state index contributed by atoms with van der Waals surface area (Å²) in [6.07, 6.45) is 4.94. The van der Waals surface area contributed by atoms with Gasteiger partial charge in [-0.2, -0.15) is 0 Å². The summed E-state index contributed by atoms with van der Waals surface area (Å²) in [5, 5.41) is 3.54. The Labute approximate surface area is 129 Å². The largest absolute Gasteiger partial charge is 0.497 e. The third kappa shape index (κ3) is 2.60. The van der Waals surface area contributed by atoms with Crippen molar-refractivity contribution in [3.8, 4) is 17.2 Å². The summed E-state index contributed by atoms with van der Waals surface area (Å²) >= 11 is 0. The third-order valence-corrected chi connectivity index (χ3v) is 4.26. The third-order valence-electron chi connectivity index (χ3n) is 4.26. The molecule has 3 fully saturated rings. The van der Waals surface area contributed by atoms with Gasteiger partial charge in [-0.15, -0.1) is 0 Å². The molecule has 5 heteroatoms. The molecule has 2 bridgehead atoms. The molecular formula is C17H19N3O2. The summed E-state index contributed by atoms with van der Waals surface area (Å²) in [4.78, 5) is 6.70. The highest BCUT2D eigenvalue weighted by Gasteiger charge is 2.36. The van der Waals surface area contributed by atoms with Gasteiger partial charge in [0, 0.05) is 37.3 Å². The van der Waals surface area contributed by atoms with E-state index in [4.69, 9.17) is 9.47 Å². The second-order valence-electron chi connectivity index (χ2n) is 5.86. The zero-order valence-electron chi connectivity index (χ0n) is 12.5. The van der Waals surface area contributed by atoms with Gasteiger partial charge in [0.1, 0.15) is 17.2 Å². The number of hydrogen-bond donors (Lipinski definition) is 1. The quantitative estimate of drug-likeness (QED) is 0.939. The van der Waals surface area contributed by atoms with E-state index in [9.17, 15) is 0 Å². The highest BCUT2D eigenvalue weighted by Crippen LogP contribution is 2.30. The van der Waals surface area contributed by atoms with Gasteiger partial charge in [-0.3, -0.25) is 4.98 Å². The maximum absolute atomic E-state index is 5.91. The molecule has 0 radical (unpaired) electrons. The molecule has 1 aromatic heterocycles. The van der Waals surface area contributed by atoms with Gasteiger partial charge in [-0.1, -0.05) is 6.07 Å². The number of piperidine rings is 1. The molecular weight excluding hydrogens is 278 g/mol. The highest BCUT2D eigenvalue weighted by molar-refractivity contribution is 5.50. The molecule has 5 nitrogen and oxygen atoms in total. The molecule has 1 aromatic carbocycles. The molecule has 2 atom stereocenters. The number of rotatable bonds is 4. The summed E-state index contributed by atoms with van der Waals surface area (Å²) in [5.74, 6) is 2.28. The van der Waals surface area contributed by atoms with E-state index in [2.05, 4.69) is 21.3 Å². The van der Waals surface area contributed by atoms with Gasteiger partial charge in [-0.25, -0.2) is 0 Å².